The van der Waals surface area contributed by atoms with Crippen molar-refractivity contribution < 1.29 is 0 Å². The molecule has 2 heteroatoms. The van der Waals surface area contributed by atoms with Gasteiger partial charge in [-0.15, -0.1) is 0 Å². The zero-order valence-corrected chi connectivity index (χ0v) is 33.0. The smallest absolute Gasteiger partial charge is 0.0562 e. The van der Waals surface area contributed by atoms with Crippen molar-refractivity contribution >= 4 is 49.6 Å². The Balaban J connectivity index is 1.18. The van der Waals surface area contributed by atoms with Crippen LogP contribution in [0.4, 0.5) is 17.1 Å². The van der Waals surface area contributed by atoms with Crippen LogP contribution in [0.25, 0.3) is 82.8 Å². The first-order chi connectivity index (χ1) is 29.8. The second kappa shape index (κ2) is 15.1. The van der Waals surface area contributed by atoms with E-state index in [-0.39, 0.29) is 0 Å². The third kappa shape index (κ3) is 6.23. The summed E-state index contributed by atoms with van der Waals surface area (Å²) in [6.07, 6.45) is 0. The van der Waals surface area contributed by atoms with Crippen LogP contribution in [-0.4, -0.2) is 4.57 Å². The molecule has 0 atom stereocenters. The van der Waals surface area contributed by atoms with Crippen LogP contribution in [-0.2, 0) is 0 Å². The van der Waals surface area contributed by atoms with Crippen LogP contribution in [0, 0.1) is 0 Å². The van der Waals surface area contributed by atoms with E-state index in [4.69, 9.17) is 0 Å². The standard InChI is InChI=1S/C58H40N2/c1-4-17-41(18-5-1)43-31-34-45(35-32-43)50-38-37-49(40-53(50)44-20-6-2-7-21-44)60(54-27-14-12-25-51(54)47-36-33-42-19-10-11-22-46(42)39-47)57-30-16-29-56-58(57)52-26-13-15-28-55(52)59(56)48-23-8-3-9-24-48/h1-40H. The Labute approximate surface area is 350 Å². The molecule has 0 aliphatic rings. The monoisotopic (exact) mass is 764 g/mol. The first kappa shape index (κ1) is 35.2. The molecule has 0 radical (unpaired) electrons. The average molecular weight is 765 g/mol. The Morgan fingerprint density at radius 2 is 0.867 bits per heavy atom. The minimum absolute atomic E-state index is 1.08. The van der Waals surface area contributed by atoms with E-state index >= 15 is 0 Å². The molecule has 0 amide bonds. The number of rotatable bonds is 8. The average Bonchev–Trinajstić information content (AvgIpc) is 3.67. The van der Waals surface area contributed by atoms with Crippen molar-refractivity contribution in [3.63, 3.8) is 0 Å². The number of benzene rings is 10. The van der Waals surface area contributed by atoms with E-state index in [2.05, 4.69) is 252 Å². The molecule has 11 aromatic rings. The van der Waals surface area contributed by atoms with Crippen molar-refractivity contribution in [2.24, 2.45) is 0 Å². The van der Waals surface area contributed by atoms with Gasteiger partial charge in [-0.2, -0.15) is 0 Å². The lowest BCUT2D eigenvalue weighted by Crippen LogP contribution is -2.12. The molecule has 0 aliphatic heterocycles. The number of anilines is 3. The maximum atomic E-state index is 2.49. The number of nitrogens with zero attached hydrogens (tertiary/aromatic N) is 2. The minimum Gasteiger partial charge on any atom is -0.309 e. The van der Waals surface area contributed by atoms with Crippen molar-refractivity contribution in [3.8, 4) is 50.2 Å². The van der Waals surface area contributed by atoms with E-state index in [1.807, 2.05) is 0 Å². The number of hydrogen-bond acceptors (Lipinski definition) is 1. The topological polar surface area (TPSA) is 8.17 Å². The lowest BCUT2D eigenvalue weighted by atomic mass is 9.92. The van der Waals surface area contributed by atoms with E-state index in [1.54, 1.807) is 0 Å². The molecule has 2 nitrogen and oxygen atoms in total. The quantitative estimate of drug-likeness (QED) is 0.150. The molecular formula is C58H40N2. The molecule has 10 aromatic carbocycles. The van der Waals surface area contributed by atoms with Crippen LogP contribution >= 0.6 is 0 Å². The highest BCUT2D eigenvalue weighted by molar-refractivity contribution is 6.17. The van der Waals surface area contributed by atoms with E-state index in [9.17, 15) is 0 Å². The maximum Gasteiger partial charge on any atom is 0.0562 e. The summed E-state index contributed by atoms with van der Waals surface area (Å²) >= 11 is 0. The van der Waals surface area contributed by atoms with Gasteiger partial charge in [0.05, 0.1) is 22.4 Å². The fraction of sp³-hybridized carbons (Fsp3) is 0. The predicted octanol–water partition coefficient (Wildman–Crippen LogP) is 16.1. The second-order valence-corrected chi connectivity index (χ2v) is 15.3. The predicted molar refractivity (Wildman–Crippen MR) is 255 cm³/mol. The van der Waals surface area contributed by atoms with Crippen LogP contribution in [0.5, 0.6) is 0 Å². The summed E-state index contributed by atoms with van der Waals surface area (Å²) in [5.74, 6) is 0. The van der Waals surface area contributed by atoms with Crippen molar-refractivity contribution in [3.05, 3.63) is 243 Å². The van der Waals surface area contributed by atoms with Crippen molar-refractivity contribution in [1.82, 2.24) is 4.57 Å². The van der Waals surface area contributed by atoms with Crippen LogP contribution in [0.2, 0.25) is 0 Å². The largest absolute Gasteiger partial charge is 0.309 e. The van der Waals surface area contributed by atoms with Crippen molar-refractivity contribution in [1.29, 1.82) is 0 Å². The molecule has 0 bridgehead atoms. The maximum absolute atomic E-state index is 2.49. The third-order valence-corrected chi connectivity index (χ3v) is 11.8. The summed E-state index contributed by atoms with van der Waals surface area (Å²) in [7, 11) is 0. The first-order valence-corrected chi connectivity index (χ1v) is 20.6. The molecule has 60 heavy (non-hydrogen) atoms. The van der Waals surface area contributed by atoms with Gasteiger partial charge >= 0.3 is 0 Å². The summed E-state index contributed by atoms with van der Waals surface area (Å²) in [6.45, 7) is 0. The van der Waals surface area contributed by atoms with Crippen LogP contribution in [0.3, 0.4) is 0 Å². The highest BCUT2D eigenvalue weighted by Crippen LogP contribution is 2.48. The molecule has 0 N–H and O–H groups in total. The molecule has 0 aliphatic carbocycles. The second-order valence-electron chi connectivity index (χ2n) is 15.3. The van der Waals surface area contributed by atoms with Crippen molar-refractivity contribution in [2.45, 2.75) is 0 Å². The first-order valence-electron chi connectivity index (χ1n) is 20.6. The summed E-state index contributed by atoms with van der Waals surface area (Å²) in [5.41, 5.74) is 16.2. The Kier molecular flexibility index (Phi) is 8.87. The van der Waals surface area contributed by atoms with Gasteiger partial charge in [0.15, 0.2) is 0 Å². The van der Waals surface area contributed by atoms with E-state index in [0.29, 0.717) is 0 Å². The van der Waals surface area contributed by atoms with Crippen molar-refractivity contribution in [2.75, 3.05) is 4.90 Å². The summed E-state index contributed by atoms with van der Waals surface area (Å²) in [6, 6.07) is 88.0. The van der Waals surface area contributed by atoms with Gasteiger partial charge in [0.25, 0.3) is 0 Å². The Morgan fingerprint density at radius 3 is 1.67 bits per heavy atom. The summed E-state index contributed by atoms with van der Waals surface area (Å²) < 4.78 is 2.40. The van der Waals surface area contributed by atoms with Gasteiger partial charge in [-0.05, 0) is 104 Å². The Hall–Kier alpha value is -7.94. The van der Waals surface area contributed by atoms with Gasteiger partial charge in [0.1, 0.15) is 0 Å². The summed E-state index contributed by atoms with van der Waals surface area (Å²) in [5, 5.41) is 4.86. The molecule has 1 heterocycles. The molecule has 1 aromatic heterocycles. The van der Waals surface area contributed by atoms with Gasteiger partial charge in [0, 0.05) is 27.7 Å². The van der Waals surface area contributed by atoms with E-state index in [1.165, 1.54) is 66.0 Å². The number of fused-ring (bicyclic) bond motifs is 4. The third-order valence-electron chi connectivity index (χ3n) is 11.8. The zero-order chi connectivity index (χ0) is 39.8. The number of para-hydroxylation sites is 3. The van der Waals surface area contributed by atoms with Gasteiger partial charge < -0.3 is 9.47 Å². The molecule has 0 spiro atoms. The minimum atomic E-state index is 1.08. The molecule has 0 saturated carbocycles. The lowest BCUT2D eigenvalue weighted by Gasteiger charge is -2.30. The normalized spacial score (nSPS) is 11.3. The molecule has 0 fully saturated rings. The van der Waals surface area contributed by atoms with Gasteiger partial charge in [0.2, 0.25) is 0 Å². The molecular weight excluding hydrogens is 725 g/mol. The Bertz CT molecular complexity index is 3290. The number of aromatic nitrogens is 1. The van der Waals surface area contributed by atoms with Crippen LogP contribution < -0.4 is 4.90 Å². The molecule has 0 saturated heterocycles. The fourth-order valence-corrected chi connectivity index (χ4v) is 8.97. The van der Waals surface area contributed by atoms with Crippen LogP contribution in [0.1, 0.15) is 0 Å². The zero-order valence-electron chi connectivity index (χ0n) is 33.0. The van der Waals surface area contributed by atoms with Gasteiger partial charge in [-0.1, -0.05) is 188 Å². The SMILES string of the molecule is c1ccc(-c2ccc(-c3ccc(N(c4ccccc4-c4ccc5ccccc5c4)c4cccc5c4c4ccccc4n5-c4ccccc4)cc3-c3ccccc3)cc2)cc1. The number of hydrogen-bond donors (Lipinski definition) is 0. The molecule has 0 unspecified atom stereocenters. The van der Waals surface area contributed by atoms with E-state index in [0.717, 1.165) is 33.8 Å². The lowest BCUT2D eigenvalue weighted by molar-refractivity contribution is 1.18. The molecule has 11 rings (SSSR count). The molecule has 282 valence electrons. The summed E-state index contributed by atoms with van der Waals surface area (Å²) in [4.78, 5) is 2.49. The van der Waals surface area contributed by atoms with Gasteiger partial charge in [-0.25, -0.2) is 0 Å². The highest BCUT2D eigenvalue weighted by atomic mass is 15.2. The van der Waals surface area contributed by atoms with Crippen LogP contribution in [0.15, 0.2) is 243 Å². The van der Waals surface area contributed by atoms with E-state index < -0.39 is 0 Å². The fourth-order valence-electron chi connectivity index (χ4n) is 8.97. The van der Waals surface area contributed by atoms with Gasteiger partial charge in [-0.3, -0.25) is 0 Å². The highest BCUT2D eigenvalue weighted by Gasteiger charge is 2.24. The Morgan fingerprint density at radius 1 is 0.300 bits per heavy atom.